The van der Waals surface area contributed by atoms with E-state index in [9.17, 15) is 9.59 Å². The number of hydrogen-bond acceptors (Lipinski definition) is 4. The molecule has 0 bridgehead atoms. The van der Waals surface area contributed by atoms with E-state index in [4.69, 9.17) is 9.47 Å². The molecule has 5 nitrogen and oxygen atoms in total. The van der Waals surface area contributed by atoms with Gasteiger partial charge in [-0.05, 0) is 82.6 Å². The molecule has 2 atom stereocenters. The molecule has 0 radical (unpaired) electrons. The van der Waals surface area contributed by atoms with Crippen LogP contribution in [0.25, 0.3) is 16.5 Å². The molecule has 4 aromatic rings. The van der Waals surface area contributed by atoms with E-state index in [0.717, 1.165) is 71.1 Å². The van der Waals surface area contributed by atoms with E-state index in [2.05, 4.69) is 86.5 Å². The van der Waals surface area contributed by atoms with Crippen molar-refractivity contribution >= 4 is 28.4 Å². The van der Waals surface area contributed by atoms with Crippen molar-refractivity contribution < 1.29 is 19.1 Å². The minimum Gasteiger partial charge on any atom is -0.462 e. The highest BCUT2D eigenvalue weighted by Crippen LogP contribution is 2.57. The highest BCUT2D eigenvalue weighted by Gasteiger charge is 2.53. The van der Waals surface area contributed by atoms with Crippen LogP contribution in [-0.4, -0.2) is 23.1 Å². The molecule has 2 heterocycles. The SMILES string of the molecule is C=C(C)C(=O)OCCCC1CCC(C)=C(C2(c3c(C)n(CC)c4ccccc34)OC(=O)c3ccccc32)c2ccccc21. The van der Waals surface area contributed by atoms with Gasteiger partial charge in [-0.1, -0.05) is 72.8 Å². The minimum absolute atomic E-state index is 0.273. The summed E-state index contributed by atoms with van der Waals surface area (Å²) in [6, 6.07) is 24.9. The molecule has 0 saturated heterocycles. The number of rotatable bonds is 8. The molecule has 1 aromatic heterocycles. The van der Waals surface area contributed by atoms with E-state index in [0.29, 0.717) is 17.7 Å². The Morgan fingerprint density at radius 3 is 2.49 bits per heavy atom. The van der Waals surface area contributed by atoms with Crippen molar-refractivity contribution in [3.63, 3.8) is 0 Å². The third-order valence-electron chi connectivity index (χ3n) is 9.27. The van der Waals surface area contributed by atoms with Gasteiger partial charge in [0.25, 0.3) is 0 Å². The summed E-state index contributed by atoms with van der Waals surface area (Å²) in [6.07, 6.45) is 3.48. The summed E-state index contributed by atoms with van der Waals surface area (Å²) >= 11 is 0. The fourth-order valence-corrected chi connectivity index (χ4v) is 7.39. The summed E-state index contributed by atoms with van der Waals surface area (Å²) in [6.45, 7) is 13.1. The molecule has 0 fully saturated rings. The van der Waals surface area contributed by atoms with Crippen molar-refractivity contribution in [1.82, 2.24) is 4.57 Å². The van der Waals surface area contributed by atoms with Crippen LogP contribution in [0, 0.1) is 6.92 Å². The number of carbonyl (C=O) groups is 2. The lowest BCUT2D eigenvalue weighted by Crippen LogP contribution is -2.32. The maximum Gasteiger partial charge on any atom is 0.340 e. The quantitative estimate of drug-likeness (QED) is 0.120. The molecule has 0 spiro atoms. The number of allylic oxidation sites excluding steroid dienone is 1. The van der Waals surface area contributed by atoms with Crippen LogP contribution in [0.5, 0.6) is 0 Å². The van der Waals surface area contributed by atoms with Gasteiger partial charge in [-0.2, -0.15) is 0 Å². The lowest BCUT2D eigenvalue weighted by atomic mass is 9.73. The van der Waals surface area contributed by atoms with Crippen molar-refractivity contribution in [3.05, 3.63) is 124 Å². The molecule has 43 heavy (non-hydrogen) atoms. The Kier molecular flexibility index (Phi) is 7.59. The van der Waals surface area contributed by atoms with Crippen molar-refractivity contribution in [2.45, 2.75) is 71.4 Å². The average molecular weight is 574 g/mol. The van der Waals surface area contributed by atoms with Gasteiger partial charge >= 0.3 is 11.9 Å². The van der Waals surface area contributed by atoms with Gasteiger partial charge in [0.05, 0.1) is 12.2 Å². The summed E-state index contributed by atoms with van der Waals surface area (Å²) in [4.78, 5) is 25.7. The molecular weight excluding hydrogens is 534 g/mol. The fourth-order valence-electron chi connectivity index (χ4n) is 7.39. The summed E-state index contributed by atoms with van der Waals surface area (Å²) in [7, 11) is 0. The summed E-state index contributed by atoms with van der Waals surface area (Å²) < 4.78 is 14.5. The van der Waals surface area contributed by atoms with Crippen LogP contribution in [-0.2, 0) is 26.4 Å². The van der Waals surface area contributed by atoms with E-state index in [-0.39, 0.29) is 17.9 Å². The molecule has 0 N–H and O–H groups in total. The second kappa shape index (κ2) is 11.4. The molecule has 1 aliphatic carbocycles. The first-order valence-corrected chi connectivity index (χ1v) is 15.3. The Labute approximate surface area is 253 Å². The molecule has 5 heteroatoms. The lowest BCUT2D eigenvalue weighted by molar-refractivity contribution is -0.139. The largest absolute Gasteiger partial charge is 0.462 e. The number of ether oxygens (including phenoxy) is 2. The van der Waals surface area contributed by atoms with E-state index < -0.39 is 5.60 Å². The Balaban J connectivity index is 1.55. The zero-order chi connectivity index (χ0) is 30.3. The highest BCUT2D eigenvalue weighted by molar-refractivity contribution is 6.03. The van der Waals surface area contributed by atoms with Crippen molar-refractivity contribution in [1.29, 1.82) is 0 Å². The van der Waals surface area contributed by atoms with Gasteiger partial charge in [0.2, 0.25) is 0 Å². The van der Waals surface area contributed by atoms with Gasteiger partial charge in [-0.25, -0.2) is 9.59 Å². The van der Waals surface area contributed by atoms with Gasteiger partial charge < -0.3 is 14.0 Å². The third kappa shape index (κ3) is 4.62. The molecule has 6 rings (SSSR count). The molecule has 0 saturated carbocycles. The Morgan fingerprint density at radius 1 is 1.02 bits per heavy atom. The van der Waals surface area contributed by atoms with Crippen molar-refractivity contribution in [2.24, 2.45) is 0 Å². The normalized spacial score (nSPS) is 19.5. The van der Waals surface area contributed by atoms with E-state index in [1.165, 1.54) is 11.1 Å². The van der Waals surface area contributed by atoms with Gasteiger partial charge in [0.1, 0.15) is 0 Å². The molecular formula is C38H39NO4. The van der Waals surface area contributed by atoms with Gasteiger partial charge in [0.15, 0.2) is 5.60 Å². The number of benzene rings is 3. The topological polar surface area (TPSA) is 57.5 Å². The minimum atomic E-state index is -1.09. The van der Waals surface area contributed by atoms with Crippen molar-refractivity contribution in [2.75, 3.05) is 6.61 Å². The number of aryl methyl sites for hydroxylation is 1. The van der Waals surface area contributed by atoms with E-state index >= 15 is 0 Å². The maximum atomic E-state index is 13.8. The molecule has 220 valence electrons. The summed E-state index contributed by atoms with van der Waals surface area (Å²) in [5.41, 5.74) is 8.79. The predicted molar refractivity (Wildman–Crippen MR) is 171 cm³/mol. The van der Waals surface area contributed by atoms with Gasteiger partial charge in [0, 0.05) is 45.4 Å². The second-order valence-corrected chi connectivity index (χ2v) is 11.9. The number of carbonyl (C=O) groups excluding carboxylic acids is 2. The smallest absolute Gasteiger partial charge is 0.340 e. The zero-order valence-corrected chi connectivity index (χ0v) is 25.5. The van der Waals surface area contributed by atoms with Crippen LogP contribution in [0.1, 0.15) is 90.7 Å². The van der Waals surface area contributed by atoms with Crippen LogP contribution in [0.3, 0.4) is 0 Å². The Hall–Kier alpha value is -4.38. The van der Waals surface area contributed by atoms with Gasteiger partial charge in [-0.3, -0.25) is 0 Å². The number of fused-ring (bicyclic) bond motifs is 3. The Morgan fingerprint density at radius 2 is 1.72 bits per heavy atom. The number of esters is 2. The first kappa shape index (κ1) is 28.7. The molecule has 2 unspecified atom stereocenters. The third-order valence-corrected chi connectivity index (χ3v) is 9.27. The highest BCUT2D eigenvalue weighted by atomic mass is 16.6. The van der Waals surface area contributed by atoms with E-state index in [1.54, 1.807) is 6.92 Å². The lowest BCUT2D eigenvalue weighted by Gasteiger charge is -2.35. The number of hydrogen-bond donors (Lipinski definition) is 0. The van der Waals surface area contributed by atoms with Crippen LogP contribution in [0.2, 0.25) is 0 Å². The number of cyclic esters (lactones) is 1. The summed E-state index contributed by atoms with van der Waals surface area (Å²) in [5, 5.41) is 1.10. The zero-order valence-electron chi connectivity index (χ0n) is 25.5. The van der Waals surface area contributed by atoms with Crippen LogP contribution in [0.4, 0.5) is 0 Å². The van der Waals surface area contributed by atoms with E-state index in [1.807, 2.05) is 18.2 Å². The first-order chi connectivity index (χ1) is 20.8. The molecule has 1 aliphatic heterocycles. The fraction of sp³-hybridized carbons (Fsp3) is 0.316. The maximum absolute atomic E-state index is 13.8. The second-order valence-electron chi connectivity index (χ2n) is 11.9. The molecule has 0 amide bonds. The van der Waals surface area contributed by atoms with Crippen molar-refractivity contribution in [3.8, 4) is 0 Å². The van der Waals surface area contributed by atoms with Crippen LogP contribution >= 0.6 is 0 Å². The molecule has 2 aliphatic rings. The monoisotopic (exact) mass is 573 g/mol. The van der Waals surface area contributed by atoms with Gasteiger partial charge in [-0.15, -0.1) is 0 Å². The Bertz CT molecular complexity index is 1790. The predicted octanol–water partition coefficient (Wildman–Crippen LogP) is 8.63. The first-order valence-electron chi connectivity index (χ1n) is 15.3. The standard InChI is InChI=1S/C38H39NO4/c1-6-39-26(5)35(31-18-10-12-20-33(31)39)38(32-19-11-9-17-30(32)37(41)43-38)34-25(4)21-22-27(28-15-7-8-16-29(28)34)14-13-23-42-36(40)24(2)3/h7-12,15-20,27H,2,6,13-14,21-23H2,1,3-5H3. The van der Waals surface area contributed by atoms with Crippen LogP contribution in [0.15, 0.2) is 90.5 Å². The number of nitrogens with zero attached hydrogens (tertiary/aromatic N) is 1. The number of para-hydroxylation sites is 1. The number of aromatic nitrogens is 1. The average Bonchev–Trinajstić information content (AvgIpc) is 3.41. The molecule has 3 aromatic carbocycles. The summed E-state index contributed by atoms with van der Waals surface area (Å²) in [5.74, 6) is -0.359. The van der Waals surface area contributed by atoms with Crippen LogP contribution < -0.4 is 0 Å².